The Morgan fingerprint density at radius 3 is 2.50 bits per heavy atom. The molecule has 0 saturated carbocycles. The monoisotopic (exact) mass is 407 g/mol. The third kappa shape index (κ3) is 3.58. The normalized spacial score (nSPS) is 10.6. The summed E-state index contributed by atoms with van der Waals surface area (Å²) in [6.45, 7) is 1.80. The summed E-state index contributed by atoms with van der Waals surface area (Å²) in [5.41, 5.74) is 7.80. The molecule has 0 spiro atoms. The van der Waals surface area contributed by atoms with E-state index in [-0.39, 0.29) is 17.5 Å². The van der Waals surface area contributed by atoms with Crippen molar-refractivity contribution in [2.45, 2.75) is 6.92 Å². The van der Waals surface area contributed by atoms with Crippen molar-refractivity contribution >= 4 is 52.5 Å². The van der Waals surface area contributed by atoms with Crippen LogP contribution in [0.2, 0.25) is 15.1 Å². The number of amides is 1. The molecule has 0 aliphatic carbocycles. The first-order valence-corrected chi connectivity index (χ1v) is 8.53. The van der Waals surface area contributed by atoms with E-state index in [0.717, 1.165) is 5.56 Å². The lowest BCUT2D eigenvalue weighted by Crippen LogP contribution is -2.16. The zero-order valence-corrected chi connectivity index (χ0v) is 15.7. The molecule has 0 aliphatic rings. The number of rotatable bonds is 3. The first-order chi connectivity index (χ1) is 12.4. The van der Waals surface area contributed by atoms with Crippen LogP contribution in [-0.4, -0.2) is 21.1 Å². The second-order valence-corrected chi connectivity index (χ2v) is 6.52. The van der Waals surface area contributed by atoms with E-state index >= 15 is 0 Å². The fraction of sp³-hybridized carbons (Fsp3) is 0.0588. The van der Waals surface area contributed by atoms with Crippen LogP contribution in [0, 0.1) is 6.92 Å². The fourth-order valence-electron chi connectivity index (χ4n) is 2.26. The molecule has 3 N–H and O–H groups in total. The van der Waals surface area contributed by atoms with Crippen molar-refractivity contribution in [2.24, 2.45) is 0 Å². The molecular formula is C17H12Cl3N5O. The van der Waals surface area contributed by atoms with E-state index < -0.39 is 5.91 Å². The highest BCUT2D eigenvalue weighted by Crippen LogP contribution is 2.34. The Kier molecular flexibility index (Phi) is 5.27. The van der Waals surface area contributed by atoms with Gasteiger partial charge in [0.05, 0.1) is 20.6 Å². The molecule has 1 heterocycles. The molecule has 0 fully saturated rings. The van der Waals surface area contributed by atoms with Gasteiger partial charge in [-0.2, -0.15) is 4.98 Å². The van der Waals surface area contributed by atoms with Gasteiger partial charge in [0, 0.05) is 5.56 Å². The molecule has 2 aromatic carbocycles. The predicted molar refractivity (Wildman–Crippen MR) is 104 cm³/mol. The minimum Gasteiger partial charge on any atom is -0.382 e. The van der Waals surface area contributed by atoms with Gasteiger partial charge in [0.15, 0.2) is 5.82 Å². The Morgan fingerprint density at radius 2 is 1.77 bits per heavy atom. The van der Waals surface area contributed by atoms with Gasteiger partial charge in [0.25, 0.3) is 11.9 Å². The van der Waals surface area contributed by atoms with E-state index in [2.05, 4.69) is 20.5 Å². The van der Waals surface area contributed by atoms with Gasteiger partial charge < -0.3 is 5.73 Å². The number of carbonyl (C=O) groups excluding carboxylic acids is 1. The number of aryl methyl sites for hydroxylation is 1. The topological polar surface area (TPSA) is 93.8 Å². The SMILES string of the molecule is Cc1cccc(C(=O)Nc2nnc(-c3cccc(Cl)c3Cl)c(N)n2)c1Cl. The zero-order chi connectivity index (χ0) is 18.8. The average molecular weight is 409 g/mol. The second-order valence-electron chi connectivity index (χ2n) is 5.36. The number of benzene rings is 2. The Hall–Kier alpha value is -2.41. The van der Waals surface area contributed by atoms with E-state index in [1.165, 1.54) is 0 Å². The van der Waals surface area contributed by atoms with Crippen LogP contribution in [0.3, 0.4) is 0 Å². The first kappa shape index (κ1) is 18.4. The van der Waals surface area contributed by atoms with Crippen LogP contribution in [0.25, 0.3) is 11.3 Å². The number of nitrogens with zero attached hydrogens (tertiary/aromatic N) is 3. The summed E-state index contributed by atoms with van der Waals surface area (Å²) < 4.78 is 0. The van der Waals surface area contributed by atoms with Crippen molar-refractivity contribution in [3.63, 3.8) is 0 Å². The molecular weight excluding hydrogens is 397 g/mol. The summed E-state index contributed by atoms with van der Waals surface area (Å²) in [4.78, 5) is 16.4. The molecule has 26 heavy (non-hydrogen) atoms. The van der Waals surface area contributed by atoms with E-state index in [1.54, 1.807) is 43.3 Å². The van der Waals surface area contributed by atoms with E-state index in [9.17, 15) is 4.79 Å². The summed E-state index contributed by atoms with van der Waals surface area (Å²) in [6.07, 6.45) is 0. The molecule has 0 atom stereocenters. The molecule has 3 rings (SSSR count). The average Bonchev–Trinajstić information content (AvgIpc) is 2.60. The van der Waals surface area contributed by atoms with Crippen molar-refractivity contribution in [3.05, 3.63) is 62.6 Å². The van der Waals surface area contributed by atoms with Crippen LogP contribution in [0.1, 0.15) is 15.9 Å². The molecule has 1 aromatic heterocycles. The maximum Gasteiger partial charge on any atom is 0.259 e. The Balaban J connectivity index is 1.89. The van der Waals surface area contributed by atoms with Gasteiger partial charge in [0.1, 0.15) is 5.69 Å². The zero-order valence-electron chi connectivity index (χ0n) is 13.4. The largest absolute Gasteiger partial charge is 0.382 e. The van der Waals surface area contributed by atoms with Crippen LogP contribution < -0.4 is 11.1 Å². The number of halogens is 3. The lowest BCUT2D eigenvalue weighted by molar-refractivity contribution is 0.102. The smallest absolute Gasteiger partial charge is 0.259 e. The third-order valence-corrected chi connectivity index (χ3v) is 4.90. The van der Waals surface area contributed by atoms with Gasteiger partial charge in [-0.15, -0.1) is 10.2 Å². The van der Waals surface area contributed by atoms with E-state index in [4.69, 9.17) is 40.5 Å². The number of nitrogen functional groups attached to an aromatic ring is 1. The van der Waals surface area contributed by atoms with Crippen molar-refractivity contribution in [2.75, 3.05) is 11.1 Å². The fourth-order valence-corrected chi connectivity index (χ4v) is 2.86. The number of aromatic nitrogens is 3. The molecule has 0 bridgehead atoms. The summed E-state index contributed by atoms with van der Waals surface area (Å²) in [5, 5.41) is 11.4. The number of hydrogen-bond acceptors (Lipinski definition) is 5. The number of hydrogen-bond donors (Lipinski definition) is 2. The minimum absolute atomic E-state index is 0.0491. The Labute approximate surface area is 164 Å². The molecule has 9 heteroatoms. The first-order valence-electron chi connectivity index (χ1n) is 7.39. The number of carbonyl (C=O) groups is 1. The van der Waals surface area contributed by atoms with E-state index in [1.807, 2.05) is 0 Å². The quantitative estimate of drug-likeness (QED) is 0.658. The highest BCUT2D eigenvalue weighted by molar-refractivity contribution is 6.43. The van der Waals surface area contributed by atoms with Crippen LogP contribution in [0.15, 0.2) is 36.4 Å². The maximum atomic E-state index is 12.4. The van der Waals surface area contributed by atoms with Crippen molar-refractivity contribution in [3.8, 4) is 11.3 Å². The van der Waals surface area contributed by atoms with Gasteiger partial charge in [0.2, 0.25) is 0 Å². The molecule has 0 radical (unpaired) electrons. The summed E-state index contributed by atoms with van der Waals surface area (Å²) >= 11 is 18.3. The summed E-state index contributed by atoms with van der Waals surface area (Å²) in [7, 11) is 0. The van der Waals surface area contributed by atoms with E-state index in [0.29, 0.717) is 26.2 Å². The van der Waals surface area contributed by atoms with Crippen LogP contribution in [0.4, 0.5) is 11.8 Å². The van der Waals surface area contributed by atoms with Gasteiger partial charge in [-0.25, -0.2) is 0 Å². The third-order valence-electron chi connectivity index (χ3n) is 3.58. The molecule has 0 saturated heterocycles. The lowest BCUT2D eigenvalue weighted by Gasteiger charge is -2.09. The number of anilines is 2. The predicted octanol–water partition coefficient (Wildman–Crippen LogP) is 4.64. The van der Waals surface area contributed by atoms with Gasteiger partial charge in [-0.3, -0.25) is 10.1 Å². The molecule has 132 valence electrons. The van der Waals surface area contributed by atoms with Crippen LogP contribution >= 0.6 is 34.8 Å². The highest BCUT2D eigenvalue weighted by Gasteiger charge is 2.17. The summed E-state index contributed by atoms with van der Waals surface area (Å²) in [5.74, 6) is -0.463. The van der Waals surface area contributed by atoms with Crippen molar-refractivity contribution in [1.82, 2.24) is 15.2 Å². The molecule has 0 aliphatic heterocycles. The Morgan fingerprint density at radius 1 is 1.04 bits per heavy atom. The van der Waals surface area contributed by atoms with Gasteiger partial charge in [-0.1, -0.05) is 59.1 Å². The number of nitrogens with two attached hydrogens (primary N) is 1. The second kappa shape index (κ2) is 7.45. The highest BCUT2D eigenvalue weighted by atomic mass is 35.5. The van der Waals surface area contributed by atoms with Gasteiger partial charge >= 0.3 is 0 Å². The summed E-state index contributed by atoms with van der Waals surface area (Å²) in [6, 6.07) is 10.2. The number of nitrogens with one attached hydrogen (secondary N) is 1. The molecule has 1 amide bonds. The molecule has 0 unspecified atom stereocenters. The van der Waals surface area contributed by atoms with Crippen molar-refractivity contribution in [1.29, 1.82) is 0 Å². The Bertz CT molecular complexity index is 1010. The molecule has 3 aromatic rings. The lowest BCUT2D eigenvalue weighted by atomic mass is 10.1. The van der Waals surface area contributed by atoms with Crippen LogP contribution in [0.5, 0.6) is 0 Å². The van der Waals surface area contributed by atoms with Crippen LogP contribution in [-0.2, 0) is 0 Å². The molecule has 6 nitrogen and oxygen atoms in total. The standard InChI is InChI=1S/C17H12Cl3N5O/c1-8-4-2-6-10(12(8)19)16(26)23-17-22-15(21)14(24-25-17)9-5-3-7-11(18)13(9)20/h2-7H,1H3,(H3,21,22,23,25,26). The van der Waals surface area contributed by atoms with Gasteiger partial charge in [-0.05, 0) is 24.6 Å². The minimum atomic E-state index is -0.464. The maximum absolute atomic E-state index is 12.4. The van der Waals surface area contributed by atoms with Crippen molar-refractivity contribution < 1.29 is 4.79 Å².